The molecule has 2 aliphatic heterocycles. The van der Waals surface area contributed by atoms with Crippen LogP contribution in [0.4, 0.5) is 5.82 Å². The van der Waals surface area contributed by atoms with Crippen LogP contribution < -0.4 is 4.90 Å². The van der Waals surface area contributed by atoms with Crippen LogP contribution in [0.3, 0.4) is 0 Å². The number of aromatic nitrogens is 1. The van der Waals surface area contributed by atoms with Gasteiger partial charge in [0.15, 0.2) is 0 Å². The van der Waals surface area contributed by atoms with Gasteiger partial charge in [-0.05, 0) is 31.9 Å². The van der Waals surface area contributed by atoms with Gasteiger partial charge in [-0.1, -0.05) is 0 Å². The molecule has 0 saturated carbocycles. The third-order valence-electron chi connectivity index (χ3n) is 4.06. The van der Waals surface area contributed by atoms with Gasteiger partial charge in [-0.15, -0.1) is 0 Å². The van der Waals surface area contributed by atoms with Crippen LogP contribution in [-0.2, 0) is 4.74 Å². The molecule has 3 rings (SSSR count). The maximum absolute atomic E-state index is 9.19. The van der Waals surface area contributed by atoms with Gasteiger partial charge in [-0.2, -0.15) is 5.26 Å². The van der Waals surface area contributed by atoms with Crippen LogP contribution in [0.15, 0.2) is 12.1 Å². The monoisotopic (exact) mass is 243 g/mol. The fraction of sp³-hybridized carbons (Fsp3) is 0.571. The smallest absolute Gasteiger partial charge is 0.146 e. The van der Waals surface area contributed by atoms with E-state index in [-0.39, 0.29) is 0 Å². The van der Waals surface area contributed by atoms with Crippen LogP contribution in [-0.4, -0.2) is 31.3 Å². The van der Waals surface area contributed by atoms with Crippen molar-refractivity contribution < 1.29 is 4.74 Å². The standard InChI is InChI=1S/C14H17N3O/c1-11-2-3-12(8-15)13(16-11)17-6-4-14(9-17)5-7-18-10-14/h2-3H,4-7,9-10H2,1H3/t14-/m0/s1. The Hall–Kier alpha value is -1.60. The number of hydrogen-bond acceptors (Lipinski definition) is 4. The van der Waals surface area contributed by atoms with E-state index in [2.05, 4.69) is 16.0 Å². The second-order valence-electron chi connectivity index (χ2n) is 5.41. The molecular weight excluding hydrogens is 226 g/mol. The first-order valence-electron chi connectivity index (χ1n) is 6.43. The number of pyridine rings is 1. The zero-order chi connectivity index (χ0) is 12.6. The van der Waals surface area contributed by atoms with Crippen molar-refractivity contribution in [1.82, 2.24) is 4.98 Å². The summed E-state index contributed by atoms with van der Waals surface area (Å²) < 4.78 is 5.53. The molecule has 4 nitrogen and oxygen atoms in total. The lowest BCUT2D eigenvalue weighted by Gasteiger charge is -2.23. The minimum atomic E-state index is 0.304. The molecular formula is C14H17N3O. The Morgan fingerprint density at radius 1 is 1.44 bits per heavy atom. The Labute approximate surface area is 107 Å². The number of rotatable bonds is 1. The molecule has 94 valence electrons. The molecule has 1 aromatic rings. The van der Waals surface area contributed by atoms with Crippen molar-refractivity contribution in [3.63, 3.8) is 0 Å². The van der Waals surface area contributed by atoms with E-state index in [0.29, 0.717) is 11.0 Å². The minimum Gasteiger partial charge on any atom is -0.381 e. The van der Waals surface area contributed by atoms with Gasteiger partial charge in [0, 0.05) is 30.8 Å². The first-order valence-corrected chi connectivity index (χ1v) is 6.43. The van der Waals surface area contributed by atoms with Crippen LogP contribution in [0, 0.1) is 23.7 Å². The van der Waals surface area contributed by atoms with E-state index >= 15 is 0 Å². The van der Waals surface area contributed by atoms with Crippen molar-refractivity contribution in [2.75, 3.05) is 31.2 Å². The van der Waals surface area contributed by atoms with Crippen molar-refractivity contribution in [3.8, 4) is 6.07 Å². The number of nitriles is 1. The van der Waals surface area contributed by atoms with E-state index in [1.165, 1.54) is 0 Å². The minimum absolute atomic E-state index is 0.304. The summed E-state index contributed by atoms with van der Waals surface area (Å²) >= 11 is 0. The molecule has 3 heterocycles. The molecule has 2 fully saturated rings. The van der Waals surface area contributed by atoms with E-state index < -0.39 is 0 Å². The number of ether oxygens (including phenoxy) is 1. The van der Waals surface area contributed by atoms with Gasteiger partial charge in [-0.3, -0.25) is 0 Å². The molecule has 0 aliphatic carbocycles. The average Bonchev–Trinajstić information content (AvgIpc) is 3.00. The molecule has 0 amide bonds. The average molecular weight is 243 g/mol. The van der Waals surface area contributed by atoms with Crippen LogP contribution in [0.2, 0.25) is 0 Å². The topological polar surface area (TPSA) is 49.2 Å². The first kappa shape index (κ1) is 11.5. The number of anilines is 1. The predicted molar refractivity (Wildman–Crippen MR) is 68.4 cm³/mol. The molecule has 0 bridgehead atoms. The van der Waals surface area contributed by atoms with Crippen molar-refractivity contribution in [2.45, 2.75) is 19.8 Å². The normalized spacial score (nSPS) is 26.8. The van der Waals surface area contributed by atoms with Gasteiger partial charge in [0.2, 0.25) is 0 Å². The molecule has 0 aromatic carbocycles. The zero-order valence-electron chi connectivity index (χ0n) is 10.6. The highest BCUT2D eigenvalue weighted by atomic mass is 16.5. The molecule has 1 spiro atoms. The van der Waals surface area contributed by atoms with Gasteiger partial charge in [-0.25, -0.2) is 4.98 Å². The van der Waals surface area contributed by atoms with Gasteiger partial charge in [0.1, 0.15) is 11.9 Å². The molecule has 0 N–H and O–H groups in total. The third-order valence-corrected chi connectivity index (χ3v) is 4.06. The summed E-state index contributed by atoms with van der Waals surface area (Å²) in [6.07, 6.45) is 2.28. The van der Waals surface area contributed by atoms with Gasteiger partial charge >= 0.3 is 0 Å². The summed E-state index contributed by atoms with van der Waals surface area (Å²) in [7, 11) is 0. The maximum Gasteiger partial charge on any atom is 0.146 e. The highest BCUT2D eigenvalue weighted by Crippen LogP contribution is 2.40. The van der Waals surface area contributed by atoms with E-state index in [9.17, 15) is 5.26 Å². The van der Waals surface area contributed by atoms with Gasteiger partial charge in [0.25, 0.3) is 0 Å². The molecule has 2 saturated heterocycles. The van der Waals surface area contributed by atoms with E-state index in [1.807, 2.05) is 19.1 Å². The number of hydrogen-bond donors (Lipinski definition) is 0. The van der Waals surface area contributed by atoms with Crippen molar-refractivity contribution >= 4 is 5.82 Å². The molecule has 4 heteroatoms. The van der Waals surface area contributed by atoms with Gasteiger partial charge < -0.3 is 9.64 Å². The Bertz CT molecular complexity index is 500. The van der Waals surface area contributed by atoms with Crippen molar-refractivity contribution in [2.24, 2.45) is 5.41 Å². The van der Waals surface area contributed by atoms with Crippen molar-refractivity contribution in [3.05, 3.63) is 23.4 Å². The molecule has 1 aromatic heterocycles. The van der Waals surface area contributed by atoms with E-state index in [1.54, 1.807) is 0 Å². The summed E-state index contributed by atoms with van der Waals surface area (Å²) in [5.41, 5.74) is 1.95. The Morgan fingerprint density at radius 3 is 3.06 bits per heavy atom. The van der Waals surface area contributed by atoms with Crippen LogP contribution >= 0.6 is 0 Å². The fourth-order valence-electron chi connectivity index (χ4n) is 2.96. The fourth-order valence-corrected chi connectivity index (χ4v) is 2.96. The molecule has 0 radical (unpaired) electrons. The molecule has 0 unspecified atom stereocenters. The highest BCUT2D eigenvalue weighted by molar-refractivity contribution is 5.55. The summed E-state index contributed by atoms with van der Waals surface area (Å²) in [5, 5.41) is 9.19. The Balaban J connectivity index is 1.88. The largest absolute Gasteiger partial charge is 0.381 e. The first-order chi connectivity index (χ1) is 8.72. The number of aryl methyl sites for hydroxylation is 1. The SMILES string of the molecule is Cc1ccc(C#N)c(N2CC[C@]3(CCOC3)C2)n1. The van der Waals surface area contributed by atoms with Crippen molar-refractivity contribution in [1.29, 1.82) is 5.26 Å². The summed E-state index contributed by atoms with van der Waals surface area (Å²) in [5.74, 6) is 0.848. The summed E-state index contributed by atoms with van der Waals surface area (Å²) in [4.78, 5) is 6.79. The lowest BCUT2D eigenvalue weighted by Crippen LogP contribution is -2.28. The molecule has 18 heavy (non-hydrogen) atoms. The summed E-state index contributed by atoms with van der Waals surface area (Å²) in [6.45, 7) is 5.65. The zero-order valence-corrected chi connectivity index (χ0v) is 10.6. The molecule has 2 aliphatic rings. The highest BCUT2D eigenvalue weighted by Gasteiger charge is 2.42. The quantitative estimate of drug-likeness (QED) is 0.755. The second-order valence-corrected chi connectivity index (χ2v) is 5.41. The predicted octanol–water partition coefficient (Wildman–Crippen LogP) is 1.88. The Morgan fingerprint density at radius 2 is 2.33 bits per heavy atom. The summed E-state index contributed by atoms with van der Waals surface area (Å²) in [6, 6.07) is 6.01. The number of nitrogens with zero attached hydrogens (tertiary/aromatic N) is 3. The maximum atomic E-state index is 9.19. The van der Waals surface area contributed by atoms with E-state index in [4.69, 9.17) is 4.74 Å². The van der Waals surface area contributed by atoms with Crippen LogP contribution in [0.1, 0.15) is 24.1 Å². The van der Waals surface area contributed by atoms with E-state index in [0.717, 1.165) is 50.7 Å². The lowest BCUT2D eigenvalue weighted by atomic mass is 9.87. The van der Waals surface area contributed by atoms with Gasteiger partial charge in [0.05, 0.1) is 12.2 Å². The second kappa shape index (κ2) is 4.25. The van der Waals surface area contributed by atoms with Crippen LogP contribution in [0.5, 0.6) is 0 Å². The van der Waals surface area contributed by atoms with Crippen LogP contribution in [0.25, 0.3) is 0 Å². The third kappa shape index (κ3) is 1.85. The lowest BCUT2D eigenvalue weighted by molar-refractivity contribution is 0.160. The Kier molecular flexibility index (Phi) is 2.71. The molecule has 1 atom stereocenters.